The topological polar surface area (TPSA) is 29.5 Å². The van der Waals surface area contributed by atoms with Gasteiger partial charge in [0.2, 0.25) is 0 Å². The SMILES string of the molecule is CC/C=C/[C@@H](OCC)[C@@H](O)c1ccccc1. The Kier molecular flexibility index (Phi) is 5.83. The van der Waals surface area contributed by atoms with Crippen molar-refractivity contribution in [2.24, 2.45) is 0 Å². The Morgan fingerprint density at radius 2 is 1.94 bits per heavy atom. The summed E-state index contributed by atoms with van der Waals surface area (Å²) in [6, 6.07) is 9.61. The Balaban J connectivity index is 2.74. The summed E-state index contributed by atoms with van der Waals surface area (Å²) in [6.07, 6.45) is 4.05. The predicted octanol–water partition coefficient (Wildman–Crippen LogP) is 3.09. The summed E-state index contributed by atoms with van der Waals surface area (Å²) in [5.74, 6) is 0. The van der Waals surface area contributed by atoms with E-state index in [-0.39, 0.29) is 6.10 Å². The van der Waals surface area contributed by atoms with E-state index in [1.807, 2.05) is 49.4 Å². The molecule has 0 bridgehead atoms. The number of aliphatic hydroxyl groups is 1. The van der Waals surface area contributed by atoms with Gasteiger partial charge >= 0.3 is 0 Å². The minimum Gasteiger partial charge on any atom is -0.385 e. The molecule has 0 amide bonds. The largest absolute Gasteiger partial charge is 0.385 e. The Morgan fingerprint density at radius 1 is 1.25 bits per heavy atom. The molecule has 2 nitrogen and oxygen atoms in total. The lowest BCUT2D eigenvalue weighted by atomic mass is 10.0. The van der Waals surface area contributed by atoms with Gasteiger partial charge in [0.15, 0.2) is 0 Å². The summed E-state index contributed by atoms with van der Waals surface area (Å²) in [4.78, 5) is 0. The third-order valence-corrected chi connectivity index (χ3v) is 2.37. The van der Waals surface area contributed by atoms with E-state index < -0.39 is 6.10 Å². The second-order valence-electron chi connectivity index (χ2n) is 3.61. The highest BCUT2D eigenvalue weighted by atomic mass is 16.5. The first kappa shape index (κ1) is 12.9. The minimum atomic E-state index is -0.594. The zero-order valence-electron chi connectivity index (χ0n) is 9.97. The van der Waals surface area contributed by atoms with Crippen LogP contribution in [0.4, 0.5) is 0 Å². The fraction of sp³-hybridized carbons (Fsp3) is 0.429. The van der Waals surface area contributed by atoms with Crippen molar-refractivity contribution in [2.75, 3.05) is 6.61 Å². The molecule has 2 heteroatoms. The van der Waals surface area contributed by atoms with E-state index in [4.69, 9.17) is 4.74 Å². The van der Waals surface area contributed by atoms with Gasteiger partial charge in [0.25, 0.3) is 0 Å². The van der Waals surface area contributed by atoms with Crippen LogP contribution in [-0.4, -0.2) is 17.8 Å². The summed E-state index contributed by atoms with van der Waals surface area (Å²) in [5.41, 5.74) is 0.890. The quantitative estimate of drug-likeness (QED) is 0.746. The highest BCUT2D eigenvalue weighted by Crippen LogP contribution is 2.20. The van der Waals surface area contributed by atoms with Crippen molar-refractivity contribution in [3.05, 3.63) is 48.0 Å². The zero-order chi connectivity index (χ0) is 11.8. The molecular weight excluding hydrogens is 200 g/mol. The van der Waals surface area contributed by atoms with E-state index in [9.17, 15) is 5.11 Å². The van der Waals surface area contributed by atoms with E-state index >= 15 is 0 Å². The molecule has 1 aromatic rings. The van der Waals surface area contributed by atoms with E-state index in [1.165, 1.54) is 0 Å². The van der Waals surface area contributed by atoms with E-state index in [0.717, 1.165) is 12.0 Å². The Labute approximate surface area is 97.6 Å². The zero-order valence-corrected chi connectivity index (χ0v) is 9.97. The fourth-order valence-corrected chi connectivity index (χ4v) is 1.55. The van der Waals surface area contributed by atoms with Crippen molar-refractivity contribution in [2.45, 2.75) is 32.5 Å². The first-order valence-electron chi connectivity index (χ1n) is 5.80. The highest BCUT2D eigenvalue weighted by molar-refractivity contribution is 5.19. The third kappa shape index (κ3) is 3.80. The van der Waals surface area contributed by atoms with Crippen LogP contribution in [0.2, 0.25) is 0 Å². The molecule has 88 valence electrons. The van der Waals surface area contributed by atoms with Gasteiger partial charge in [-0.1, -0.05) is 49.4 Å². The van der Waals surface area contributed by atoms with Crippen LogP contribution >= 0.6 is 0 Å². The normalized spacial score (nSPS) is 15.2. The Morgan fingerprint density at radius 3 is 2.50 bits per heavy atom. The van der Waals surface area contributed by atoms with Crippen LogP contribution in [0.1, 0.15) is 31.9 Å². The van der Waals surface area contributed by atoms with Gasteiger partial charge in [-0.25, -0.2) is 0 Å². The first-order valence-corrected chi connectivity index (χ1v) is 5.80. The van der Waals surface area contributed by atoms with Gasteiger partial charge in [0.05, 0.1) is 0 Å². The lowest BCUT2D eigenvalue weighted by Crippen LogP contribution is -2.20. The lowest BCUT2D eigenvalue weighted by molar-refractivity contribution is -0.00587. The van der Waals surface area contributed by atoms with Crippen molar-refractivity contribution in [3.63, 3.8) is 0 Å². The molecule has 2 atom stereocenters. The molecule has 0 aliphatic heterocycles. The number of ether oxygens (including phenoxy) is 1. The predicted molar refractivity (Wildman–Crippen MR) is 66.2 cm³/mol. The number of aliphatic hydroxyl groups excluding tert-OH is 1. The van der Waals surface area contributed by atoms with Crippen LogP contribution in [0.25, 0.3) is 0 Å². The van der Waals surface area contributed by atoms with Crippen molar-refractivity contribution in [1.82, 2.24) is 0 Å². The first-order chi connectivity index (χ1) is 7.79. The van der Waals surface area contributed by atoms with Gasteiger partial charge in [0.1, 0.15) is 12.2 Å². The summed E-state index contributed by atoms with van der Waals surface area (Å²) >= 11 is 0. The second kappa shape index (κ2) is 7.20. The van der Waals surface area contributed by atoms with Crippen LogP contribution in [0.15, 0.2) is 42.5 Å². The molecule has 0 saturated heterocycles. The Hall–Kier alpha value is -1.12. The maximum Gasteiger partial charge on any atom is 0.109 e. The third-order valence-electron chi connectivity index (χ3n) is 2.37. The van der Waals surface area contributed by atoms with Crippen LogP contribution in [0.5, 0.6) is 0 Å². The van der Waals surface area contributed by atoms with Crippen molar-refractivity contribution in [1.29, 1.82) is 0 Å². The van der Waals surface area contributed by atoms with Gasteiger partial charge in [0, 0.05) is 6.61 Å². The standard InChI is InChI=1S/C14H20O2/c1-3-5-11-13(16-4-2)14(15)12-9-7-6-8-10-12/h5-11,13-15H,3-4H2,1-2H3/b11-5+/t13-,14+/m1/s1. The molecule has 1 N–H and O–H groups in total. The summed E-state index contributed by atoms with van der Waals surface area (Å²) < 4.78 is 5.52. The summed E-state index contributed by atoms with van der Waals surface area (Å²) in [7, 11) is 0. The molecule has 0 radical (unpaired) electrons. The number of hydrogen-bond donors (Lipinski definition) is 1. The smallest absolute Gasteiger partial charge is 0.109 e. The number of hydrogen-bond acceptors (Lipinski definition) is 2. The number of benzene rings is 1. The van der Waals surface area contributed by atoms with Crippen LogP contribution < -0.4 is 0 Å². The molecule has 0 saturated carbocycles. The van der Waals surface area contributed by atoms with Crippen molar-refractivity contribution in [3.8, 4) is 0 Å². The molecule has 0 fully saturated rings. The molecule has 1 aromatic carbocycles. The number of rotatable bonds is 6. The van der Waals surface area contributed by atoms with Crippen molar-refractivity contribution >= 4 is 0 Å². The molecule has 0 heterocycles. The number of allylic oxidation sites excluding steroid dienone is 1. The van der Waals surface area contributed by atoms with Gasteiger partial charge in [-0.2, -0.15) is 0 Å². The second-order valence-corrected chi connectivity index (χ2v) is 3.61. The summed E-state index contributed by atoms with van der Waals surface area (Å²) in [5, 5.41) is 10.2. The monoisotopic (exact) mass is 220 g/mol. The average molecular weight is 220 g/mol. The Bertz CT molecular complexity index is 306. The maximum absolute atomic E-state index is 10.2. The molecule has 0 aliphatic carbocycles. The summed E-state index contributed by atoms with van der Waals surface area (Å²) in [6.45, 7) is 4.60. The maximum atomic E-state index is 10.2. The van der Waals surface area contributed by atoms with E-state index in [0.29, 0.717) is 6.61 Å². The van der Waals surface area contributed by atoms with Crippen LogP contribution in [-0.2, 0) is 4.74 Å². The lowest BCUT2D eigenvalue weighted by Gasteiger charge is -2.20. The molecule has 1 rings (SSSR count). The van der Waals surface area contributed by atoms with Gasteiger partial charge in [-0.3, -0.25) is 0 Å². The van der Waals surface area contributed by atoms with Crippen LogP contribution in [0, 0.1) is 0 Å². The molecule has 0 aliphatic rings. The minimum absolute atomic E-state index is 0.257. The fourth-order valence-electron chi connectivity index (χ4n) is 1.55. The average Bonchev–Trinajstić information content (AvgIpc) is 2.35. The van der Waals surface area contributed by atoms with Gasteiger partial charge in [-0.05, 0) is 18.9 Å². The molecule has 0 aromatic heterocycles. The van der Waals surface area contributed by atoms with Crippen LogP contribution in [0.3, 0.4) is 0 Å². The molecular formula is C14H20O2. The highest BCUT2D eigenvalue weighted by Gasteiger charge is 2.17. The van der Waals surface area contributed by atoms with E-state index in [2.05, 4.69) is 6.92 Å². The molecule has 16 heavy (non-hydrogen) atoms. The van der Waals surface area contributed by atoms with Gasteiger partial charge < -0.3 is 9.84 Å². The van der Waals surface area contributed by atoms with Crippen molar-refractivity contribution < 1.29 is 9.84 Å². The van der Waals surface area contributed by atoms with Gasteiger partial charge in [-0.15, -0.1) is 0 Å². The molecule has 0 unspecified atom stereocenters. The van der Waals surface area contributed by atoms with E-state index in [1.54, 1.807) is 0 Å². The molecule has 0 spiro atoms.